The molecule has 0 saturated carbocycles. The van der Waals surface area contributed by atoms with Crippen LogP contribution in [0, 0.1) is 11.3 Å². The van der Waals surface area contributed by atoms with E-state index >= 15 is 0 Å². The first-order chi connectivity index (χ1) is 13.2. The molecule has 1 fully saturated rings. The van der Waals surface area contributed by atoms with Crippen LogP contribution in [0.25, 0.3) is 11.0 Å². The Labute approximate surface area is 159 Å². The van der Waals surface area contributed by atoms with Gasteiger partial charge < -0.3 is 15.2 Å². The number of nitriles is 1. The van der Waals surface area contributed by atoms with Gasteiger partial charge in [0.25, 0.3) is 0 Å². The van der Waals surface area contributed by atoms with Crippen molar-refractivity contribution in [1.29, 1.82) is 5.26 Å². The number of nitrogens with zero attached hydrogens (tertiary/aromatic N) is 4. The first-order valence-corrected chi connectivity index (χ1v) is 9.75. The minimum absolute atomic E-state index is 0.209. The van der Waals surface area contributed by atoms with E-state index in [1.165, 1.54) is 16.6 Å². The Hall–Kier alpha value is -2.84. The van der Waals surface area contributed by atoms with Crippen LogP contribution in [0.5, 0.6) is 0 Å². The van der Waals surface area contributed by atoms with Crippen LogP contribution < -0.4 is 10.6 Å². The van der Waals surface area contributed by atoms with Gasteiger partial charge in [0.1, 0.15) is 0 Å². The molecule has 2 heterocycles. The van der Waals surface area contributed by atoms with E-state index in [2.05, 4.69) is 39.8 Å². The number of imidazole rings is 1. The molecule has 5 nitrogen and oxygen atoms in total. The molecule has 1 unspecified atom stereocenters. The monoisotopic (exact) mass is 357 g/mol. The zero-order valence-corrected chi connectivity index (χ0v) is 15.3. The number of benzene rings is 2. The van der Waals surface area contributed by atoms with Gasteiger partial charge >= 0.3 is 0 Å². The van der Waals surface area contributed by atoms with E-state index in [0.717, 1.165) is 55.8 Å². The zero-order chi connectivity index (χ0) is 18.4. The quantitative estimate of drug-likeness (QED) is 0.763. The number of piperidine rings is 1. The maximum atomic E-state index is 9.22. The molecule has 2 aromatic carbocycles. The second-order valence-corrected chi connectivity index (χ2v) is 7.70. The van der Waals surface area contributed by atoms with E-state index < -0.39 is 0 Å². The molecule has 2 aliphatic rings. The topological polar surface area (TPSA) is 70.9 Å². The van der Waals surface area contributed by atoms with Crippen molar-refractivity contribution < 1.29 is 0 Å². The largest absolute Gasteiger partial charge is 0.341 e. The number of para-hydroxylation sites is 2. The second-order valence-electron chi connectivity index (χ2n) is 7.70. The second kappa shape index (κ2) is 6.40. The molecule has 1 aliphatic heterocycles. The molecule has 1 aliphatic carbocycles. The molecule has 5 rings (SSSR count). The van der Waals surface area contributed by atoms with Crippen molar-refractivity contribution in [3.63, 3.8) is 0 Å². The van der Waals surface area contributed by atoms with E-state index in [4.69, 9.17) is 10.7 Å². The van der Waals surface area contributed by atoms with Crippen molar-refractivity contribution in [2.75, 3.05) is 18.0 Å². The molecule has 0 bridgehead atoms. The zero-order valence-electron chi connectivity index (χ0n) is 15.3. The summed E-state index contributed by atoms with van der Waals surface area (Å²) >= 11 is 0. The molecule has 27 heavy (non-hydrogen) atoms. The molecule has 2 atom stereocenters. The van der Waals surface area contributed by atoms with Gasteiger partial charge in [-0.3, -0.25) is 0 Å². The normalized spacial score (nSPS) is 22.0. The fourth-order valence-corrected chi connectivity index (χ4v) is 4.69. The van der Waals surface area contributed by atoms with Crippen molar-refractivity contribution in [1.82, 2.24) is 9.55 Å². The summed E-state index contributed by atoms with van der Waals surface area (Å²) in [5.41, 5.74) is 11.8. The van der Waals surface area contributed by atoms with Crippen molar-refractivity contribution in [3.8, 4) is 6.07 Å². The molecule has 5 heteroatoms. The SMILES string of the molecule is N#Cc1ccc2c(c1)CC[C@@H]2n1c(N2CCCC(N)C2)nc2ccccc21. The fraction of sp³-hybridized carbons (Fsp3) is 0.364. The van der Waals surface area contributed by atoms with Gasteiger partial charge in [0.15, 0.2) is 0 Å². The highest BCUT2D eigenvalue weighted by atomic mass is 15.3. The number of hydrogen-bond donors (Lipinski definition) is 1. The fourth-order valence-electron chi connectivity index (χ4n) is 4.69. The minimum Gasteiger partial charge on any atom is -0.341 e. The molecule has 2 N–H and O–H groups in total. The molecular weight excluding hydrogens is 334 g/mol. The van der Waals surface area contributed by atoms with Crippen molar-refractivity contribution in [2.24, 2.45) is 5.73 Å². The summed E-state index contributed by atoms with van der Waals surface area (Å²) in [6.45, 7) is 1.86. The van der Waals surface area contributed by atoms with Crippen LogP contribution in [-0.4, -0.2) is 28.7 Å². The summed E-state index contributed by atoms with van der Waals surface area (Å²) in [5.74, 6) is 1.04. The van der Waals surface area contributed by atoms with E-state index in [9.17, 15) is 5.26 Å². The molecule has 0 spiro atoms. The van der Waals surface area contributed by atoms with Gasteiger partial charge in [-0.1, -0.05) is 18.2 Å². The first kappa shape index (κ1) is 16.3. The number of rotatable bonds is 2. The summed E-state index contributed by atoms with van der Waals surface area (Å²) < 4.78 is 2.41. The number of nitrogens with two attached hydrogens (primary N) is 1. The molecule has 1 aromatic heterocycles. The Morgan fingerprint density at radius 2 is 2.04 bits per heavy atom. The first-order valence-electron chi connectivity index (χ1n) is 9.75. The van der Waals surface area contributed by atoms with Gasteiger partial charge in [-0.05, 0) is 61.1 Å². The van der Waals surface area contributed by atoms with Crippen molar-refractivity contribution in [2.45, 2.75) is 37.8 Å². The Bertz CT molecular complexity index is 1040. The Morgan fingerprint density at radius 1 is 1.15 bits per heavy atom. The third-order valence-corrected chi connectivity index (χ3v) is 5.95. The lowest BCUT2D eigenvalue weighted by atomic mass is 10.0. The number of aromatic nitrogens is 2. The number of aryl methyl sites for hydroxylation is 1. The van der Waals surface area contributed by atoms with Crippen molar-refractivity contribution >= 4 is 17.0 Å². The summed E-state index contributed by atoms with van der Waals surface area (Å²) in [6, 6.07) is 17.2. The summed E-state index contributed by atoms with van der Waals surface area (Å²) in [5, 5.41) is 9.22. The van der Waals surface area contributed by atoms with Crippen LogP contribution >= 0.6 is 0 Å². The smallest absolute Gasteiger partial charge is 0.207 e. The molecule has 1 saturated heterocycles. The van der Waals surface area contributed by atoms with E-state index in [1.54, 1.807) is 0 Å². The lowest BCUT2D eigenvalue weighted by Crippen LogP contribution is -2.44. The third kappa shape index (κ3) is 2.68. The highest BCUT2D eigenvalue weighted by molar-refractivity contribution is 5.79. The van der Waals surface area contributed by atoms with Gasteiger partial charge in [0, 0.05) is 19.1 Å². The van der Waals surface area contributed by atoms with Crippen LogP contribution in [0.3, 0.4) is 0 Å². The average Bonchev–Trinajstić information content (AvgIpc) is 3.28. The standard InChI is InChI=1S/C22H23N5/c23-13-15-7-9-18-16(12-15)8-10-20(18)27-21-6-2-1-5-19(21)25-22(27)26-11-3-4-17(24)14-26/h1-2,5-7,9,12,17,20H,3-4,8,10-11,14,24H2/t17?,20-/m0/s1. The molecular formula is C22H23N5. The van der Waals surface area contributed by atoms with Gasteiger partial charge in [0.05, 0.1) is 28.7 Å². The highest BCUT2D eigenvalue weighted by Gasteiger charge is 2.30. The predicted molar refractivity (Wildman–Crippen MR) is 107 cm³/mol. The van der Waals surface area contributed by atoms with E-state index in [1.807, 2.05) is 18.2 Å². The van der Waals surface area contributed by atoms with Crippen LogP contribution in [-0.2, 0) is 6.42 Å². The van der Waals surface area contributed by atoms with Crippen LogP contribution in [0.1, 0.15) is 42.0 Å². The van der Waals surface area contributed by atoms with Gasteiger partial charge in [0.2, 0.25) is 5.95 Å². The van der Waals surface area contributed by atoms with Gasteiger partial charge in [-0.25, -0.2) is 4.98 Å². The van der Waals surface area contributed by atoms with E-state index in [0.29, 0.717) is 0 Å². The number of hydrogen-bond acceptors (Lipinski definition) is 4. The predicted octanol–water partition coefficient (Wildman–Crippen LogP) is 3.37. The Balaban J connectivity index is 1.65. The lowest BCUT2D eigenvalue weighted by molar-refractivity contribution is 0.486. The van der Waals surface area contributed by atoms with Crippen molar-refractivity contribution in [3.05, 3.63) is 59.2 Å². The van der Waals surface area contributed by atoms with Crippen LogP contribution in [0.4, 0.5) is 5.95 Å². The summed E-state index contributed by atoms with van der Waals surface area (Å²) in [6.07, 6.45) is 4.23. The number of fused-ring (bicyclic) bond motifs is 2. The summed E-state index contributed by atoms with van der Waals surface area (Å²) in [7, 11) is 0. The third-order valence-electron chi connectivity index (χ3n) is 5.95. The van der Waals surface area contributed by atoms with Gasteiger partial charge in [-0.15, -0.1) is 0 Å². The molecule has 0 amide bonds. The van der Waals surface area contributed by atoms with E-state index in [-0.39, 0.29) is 12.1 Å². The maximum absolute atomic E-state index is 9.22. The minimum atomic E-state index is 0.209. The van der Waals surface area contributed by atoms with Crippen LogP contribution in [0.15, 0.2) is 42.5 Å². The molecule has 136 valence electrons. The highest BCUT2D eigenvalue weighted by Crippen LogP contribution is 2.40. The van der Waals surface area contributed by atoms with Crippen LogP contribution in [0.2, 0.25) is 0 Å². The Morgan fingerprint density at radius 3 is 2.89 bits per heavy atom. The Kier molecular flexibility index (Phi) is 3.87. The summed E-state index contributed by atoms with van der Waals surface area (Å²) in [4.78, 5) is 7.36. The average molecular weight is 357 g/mol. The number of anilines is 1. The molecule has 3 aromatic rings. The van der Waals surface area contributed by atoms with Gasteiger partial charge in [-0.2, -0.15) is 5.26 Å². The molecule has 0 radical (unpaired) electrons. The lowest BCUT2D eigenvalue weighted by Gasteiger charge is -2.33. The maximum Gasteiger partial charge on any atom is 0.207 e.